The van der Waals surface area contributed by atoms with Gasteiger partial charge in [0.1, 0.15) is 0 Å². The van der Waals surface area contributed by atoms with Gasteiger partial charge in [-0.3, -0.25) is 14.3 Å². The Morgan fingerprint density at radius 2 is 1.70 bits per heavy atom. The number of nitrogens with one attached hydrogen (secondary N) is 2. The van der Waals surface area contributed by atoms with E-state index in [2.05, 4.69) is 10.0 Å². The van der Waals surface area contributed by atoms with Crippen LogP contribution in [0, 0.1) is 0 Å². The molecule has 0 heterocycles. The van der Waals surface area contributed by atoms with E-state index in [-0.39, 0.29) is 22.9 Å². The van der Waals surface area contributed by atoms with Crippen LogP contribution in [0.5, 0.6) is 0 Å². The highest BCUT2D eigenvalue weighted by Gasteiger charge is 2.18. The number of nitrogens with zero attached hydrogens (tertiary/aromatic N) is 1. The first-order valence-corrected chi connectivity index (χ1v) is 11.0. The lowest BCUT2D eigenvalue weighted by atomic mass is 10.2. The Morgan fingerprint density at radius 3 is 2.30 bits per heavy atom. The van der Waals surface area contributed by atoms with Gasteiger partial charge >= 0.3 is 0 Å². The molecule has 10 heteroatoms. The molecule has 0 spiro atoms. The van der Waals surface area contributed by atoms with Crippen molar-refractivity contribution in [2.24, 2.45) is 0 Å². The van der Waals surface area contributed by atoms with Crippen molar-refractivity contribution >= 4 is 39.1 Å². The van der Waals surface area contributed by atoms with Gasteiger partial charge in [-0.15, -0.1) is 0 Å². The van der Waals surface area contributed by atoms with Gasteiger partial charge in [-0.05, 0) is 55.0 Å². The molecule has 0 saturated carbocycles. The lowest BCUT2D eigenvalue weighted by Crippen LogP contribution is -2.38. The van der Waals surface area contributed by atoms with Crippen LogP contribution in [0.15, 0.2) is 53.4 Å². The SMILES string of the molecule is COCCCNC(=O)CN(C)C(=O)c1ccc(S(=O)(=O)Nc2ccc(Cl)cc2)cc1. The number of carbonyl (C=O) groups is 2. The minimum absolute atomic E-state index is 0.00698. The summed E-state index contributed by atoms with van der Waals surface area (Å²) in [6.07, 6.45) is 0.680. The van der Waals surface area contributed by atoms with E-state index in [1.54, 1.807) is 31.4 Å². The summed E-state index contributed by atoms with van der Waals surface area (Å²) in [5.74, 6) is -0.676. The highest BCUT2D eigenvalue weighted by molar-refractivity contribution is 7.92. The van der Waals surface area contributed by atoms with Crippen molar-refractivity contribution in [1.29, 1.82) is 0 Å². The molecule has 0 aromatic heterocycles. The maximum Gasteiger partial charge on any atom is 0.261 e. The summed E-state index contributed by atoms with van der Waals surface area (Å²) in [7, 11) is -0.730. The molecule has 2 rings (SSSR count). The maximum absolute atomic E-state index is 12.5. The van der Waals surface area contributed by atoms with E-state index in [9.17, 15) is 18.0 Å². The fourth-order valence-corrected chi connectivity index (χ4v) is 3.70. The van der Waals surface area contributed by atoms with Crippen LogP contribution in [0.4, 0.5) is 5.69 Å². The van der Waals surface area contributed by atoms with Crippen molar-refractivity contribution in [3.63, 3.8) is 0 Å². The van der Waals surface area contributed by atoms with Crippen LogP contribution >= 0.6 is 11.6 Å². The van der Waals surface area contributed by atoms with E-state index in [0.717, 1.165) is 0 Å². The van der Waals surface area contributed by atoms with Gasteiger partial charge in [0.2, 0.25) is 5.91 Å². The first-order valence-electron chi connectivity index (χ1n) is 9.12. The summed E-state index contributed by atoms with van der Waals surface area (Å²) in [5.41, 5.74) is 0.644. The minimum Gasteiger partial charge on any atom is -0.385 e. The number of ether oxygens (including phenoxy) is 1. The molecule has 2 N–H and O–H groups in total. The number of hydrogen-bond acceptors (Lipinski definition) is 5. The number of anilines is 1. The Hall–Kier alpha value is -2.62. The highest BCUT2D eigenvalue weighted by atomic mass is 35.5. The molecule has 0 fully saturated rings. The molecule has 0 bridgehead atoms. The molecule has 0 atom stereocenters. The van der Waals surface area contributed by atoms with Crippen molar-refractivity contribution in [3.05, 3.63) is 59.1 Å². The standard InChI is InChI=1S/C20H24ClN3O5S/c1-24(14-19(25)22-12-3-13-29-2)20(26)15-4-10-18(11-5-15)30(27,28)23-17-8-6-16(21)7-9-17/h4-11,23H,3,12-14H2,1-2H3,(H,22,25). The predicted molar refractivity (Wildman–Crippen MR) is 115 cm³/mol. The second-order valence-corrected chi connectivity index (χ2v) is 8.61. The number of carbonyl (C=O) groups excluding carboxylic acids is 2. The van der Waals surface area contributed by atoms with Gasteiger partial charge < -0.3 is 15.0 Å². The average Bonchev–Trinajstić information content (AvgIpc) is 2.72. The molecule has 0 aliphatic heterocycles. The quantitative estimate of drug-likeness (QED) is 0.537. The monoisotopic (exact) mass is 453 g/mol. The fraction of sp³-hybridized carbons (Fsp3) is 0.300. The van der Waals surface area contributed by atoms with E-state index < -0.39 is 15.9 Å². The van der Waals surface area contributed by atoms with E-state index in [4.69, 9.17) is 16.3 Å². The molecule has 162 valence electrons. The number of methoxy groups -OCH3 is 1. The number of benzene rings is 2. The van der Waals surface area contributed by atoms with Crippen molar-refractivity contribution in [1.82, 2.24) is 10.2 Å². The second kappa shape index (κ2) is 11.0. The van der Waals surface area contributed by atoms with Crippen LogP contribution in [-0.2, 0) is 19.6 Å². The normalized spacial score (nSPS) is 11.0. The number of amides is 2. The number of halogens is 1. The van der Waals surface area contributed by atoms with Crippen LogP contribution in [-0.4, -0.2) is 59.0 Å². The molecule has 0 aliphatic rings. The van der Waals surface area contributed by atoms with Gasteiger partial charge in [0.05, 0.1) is 11.4 Å². The smallest absolute Gasteiger partial charge is 0.261 e. The van der Waals surface area contributed by atoms with E-state index in [1.807, 2.05) is 0 Å². The van der Waals surface area contributed by atoms with Crippen LogP contribution < -0.4 is 10.0 Å². The van der Waals surface area contributed by atoms with Gasteiger partial charge in [0.25, 0.3) is 15.9 Å². The third-order valence-corrected chi connectivity index (χ3v) is 5.73. The zero-order chi connectivity index (χ0) is 22.1. The molecule has 2 amide bonds. The van der Waals surface area contributed by atoms with Crippen LogP contribution in [0.2, 0.25) is 5.02 Å². The highest BCUT2D eigenvalue weighted by Crippen LogP contribution is 2.19. The maximum atomic E-state index is 12.5. The van der Waals surface area contributed by atoms with Gasteiger partial charge in [0.15, 0.2) is 0 Å². The third-order valence-electron chi connectivity index (χ3n) is 4.08. The predicted octanol–water partition coefficient (Wildman–Crippen LogP) is 2.37. The summed E-state index contributed by atoms with van der Waals surface area (Å²) in [6.45, 7) is 0.892. The molecule has 0 aliphatic carbocycles. The molecule has 30 heavy (non-hydrogen) atoms. The van der Waals surface area contributed by atoms with Crippen molar-refractivity contribution in [3.8, 4) is 0 Å². The van der Waals surface area contributed by atoms with Gasteiger partial charge in [-0.25, -0.2) is 8.42 Å². The fourth-order valence-electron chi connectivity index (χ4n) is 2.52. The summed E-state index contributed by atoms with van der Waals surface area (Å²) in [6, 6.07) is 11.7. The molecule has 0 radical (unpaired) electrons. The lowest BCUT2D eigenvalue weighted by molar-refractivity contribution is -0.121. The summed E-state index contributed by atoms with van der Waals surface area (Å²) in [4.78, 5) is 25.7. The Bertz CT molecular complexity index is 963. The Kier molecular flexibility index (Phi) is 8.64. The third kappa shape index (κ3) is 7.01. The first-order chi connectivity index (χ1) is 14.2. The van der Waals surface area contributed by atoms with E-state index in [0.29, 0.717) is 30.3 Å². The number of rotatable bonds is 10. The lowest BCUT2D eigenvalue weighted by Gasteiger charge is -2.17. The van der Waals surface area contributed by atoms with Gasteiger partial charge in [-0.1, -0.05) is 11.6 Å². The zero-order valence-electron chi connectivity index (χ0n) is 16.7. The van der Waals surface area contributed by atoms with Crippen LogP contribution in [0.3, 0.4) is 0 Å². The molecule has 8 nitrogen and oxygen atoms in total. The van der Waals surface area contributed by atoms with E-state index in [1.165, 1.54) is 36.2 Å². The minimum atomic E-state index is -3.82. The largest absolute Gasteiger partial charge is 0.385 e. The molecular formula is C20H24ClN3O5S. The first kappa shape index (κ1) is 23.7. The molecular weight excluding hydrogens is 430 g/mol. The zero-order valence-corrected chi connectivity index (χ0v) is 18.3. The van der Waals surface area contributed by atoms with Gasteiger partial charge in [-0.2, -0.15) is 0 Å². The Balaban J connectivity index is 1.97. The molecule has 0 saturated heterocycles. The number of likely N-dealkylation sites (N-methyl/N-ethyl adjacent to an activating group) is 1. The molecule has 0 unspecified atom stereocenters. The Morgan fingerprint density at radius 1 is 1.07 bits per heavy atom. The van der Waals surface area contributed by atoms with Crippen LogP contribution in [0.1, 0.15) is 16.8 Å². The number of hydrogen-bond donors (Lipinski definition) is 2. The van der Waals surface area contributed by atoms with Gasteiger partial charge in [0, 0.05) is 43.6 Å². The van der Waals surface area contributed by atoms with E-state index >= 15 is 0 Å². The Labute approximate surface area is 181 Å². The van der Waals surface area contributed by atoms with Crippen molar-refractivity contribution in [2.75, 3.05) is 38.6 Å². The molecule has 2 aromatic carbocycles. The summed E-state index contributed by atoms with van der Waals surface area (Å²) >= 11 is 5.80. The second-order valence-electron chi connectivity index (χ2n) is 6.49. The van der Waals surface area contributed by atoms with Crippen molar-refractivity contribution < 1.29 is 22.7 Å². The van der Waals surface area contributed by atoms with Crippen molar-refractivity contribution in [2.45, 2.75) is 11.3 Å². The average molecular weight is 454 g/mol. The summed E-state index contributed by atoms with van der Waals surface area (Å²) in [5, 5.41) is 3.20. The van der Waals surface area contributed by atoms with Crippen LogP contribution in [0.25, 0.3) is 0 Å². The summed E-state index contributed by atoms with van der Waals surface area (Å²) < 4.78 is 32.3. The number of sulfonamides is 1. The molecule has 2 aromatic rings. The topological polar surface area (TPSA) is 105 Å².